The summed E-state index contributed by atoms with van der Waals surface area (Å²) in [7, 11) is 1.46. The van der Waals surface area contributed by atoms with Crippen molar-refractivity contribution in [1.29, 1.82) is 0 Å². The number of aliphatic hydroxyl groups excluding tert-OH is 1. The van der Waals surface area contributed by atoms with E-state index < -0.39 is 23.5 Å². The number of halogens is 1. The van der Waals surface area contributed by atoms with Crippen molar-refractivity contribution in [2.45, 2.75) is 32.2 Å². The van der Waals surface area contributed by atoms with Crippen molar-refractivity contribution in [3.05, 3.63) is 95.1 Å². The molecule has 3 aromatic rings. The van der Waals surface area contributed by atoms with Crippen LogP contribution in [0.4, 0.5) is 10.1 Å². The van der Waals surface area contributed by atoms with Crippen LogP contribution in [0, 0.1) is 5.82 Å². The minimum absolute atomic E-state index is 0.141. The number of rotatable bonds is 4. The molecular weight excluding hydrogens is 435 g/mol. The number of methoxy groups -OCH3 is 1. The Labute approximate surface area is 197 Å². The van der Waals surface area contributed by atoms with Crippen molar-refractivity contribution in [3.63, 3.8) is 0 Å². The van der Waals surface area contributed by atoms with Crippen LogP contribution in [0.5, 0.6) is 5.75 Å². The lowest BCUT2D eigenvalue weighted by molar-refractivity contribution is -0.132. The van der Waals surface area contributed by atoms with Crippen LogP contribution in [0.15, 0.2) is 72.4 Å². The van der Waals surface area contributed by atoms with Crippen molar-refractivity contribution in [1.82, 2.24) is 4.98 Å². The van der Waals surface area contributed by atoms with Crippen molar-refractivity contribution in [3.8, 4) is 5.75 Å². The van der Waals surface area contributed by atoms with Gasteiger partial charge in [-0.1, -0.05) is 39.0 Å². The maximum atomic E-state index is 14.0. The van der Waals surface area contributed by atoms with E-state index in [0.29, 0.717) is 11.4 Å². The highest BCUT2D eigenvalue weighted by molar-refractivity contribution is 6.51. The van der Waals surface area contributed by atoms with Gasteiger partial charge in [-0.15, -0.1) is 0 Å². The second-order valence-electron chi connectivity index (χ2n) is 9.07. The molecule has 0 saturated carbocycles. The average molecular weight is 461 g/mol. The maximum Gasteiger partial charge on any atom is 0.300 e. The number of hydrogen-bond acceptors (Lipinski definition) is 5. The van der Waals surface area contributed by atoms with Gasteiger partial charge in [0.1, 0.15) is 23.4 Å². The Kier molecular flexibility index (Phi) is 5.96. The predicted octanol–water partition coefficient (Wildman–Crippen LogP) is 5.15. The number of ether oxygens (including phenoxy) is 1. The lowest BCUT2D eigenvalue weighted by Crippen LogP contribution is -2.29. The summed E-state index contributed by atoms with van der Waals surface area (Å²) in [4.78, 5) is 32.0. The first kappa shape index (κ1) is 23.2. The van der Waals surface area contributed by atoms with Crippen LogP contribution in [-0.2, 0) is 15.0 Å². The second kappa shape index (κ2) is 8.74. The molecule has 1 N–H and O–H groups in total. The second-order valence-corrected chi connectivity index (χ2v) is 9.07. The summed E-state index contributed by atoms with van der Waals surface area (Å²) >= 11 is 0. The number of aliphatic hydroxyl groups is 1. The number of carbonyl (C=O) groups is 2. The minimum Gasteiger partial charge on any atom is -0.507 e. The van der Waals surface area contributed by atoms with Gasteiger partial charge in [-0.05, 0) is 53.4 Å². The number of pyridine rings is 1. The molecule has 6 nitrogen and oxygen atoms in total. The molecule has 1 aliphatic heterocycles. The standard InChI is InChI=1S/C27H25FN2O4/c1-27(2,3)16-11-12-21(34-4)19(14-16)24(31)22-23(20-10-5-6-13-29-20)30(26(33)25(22)32)18-9-7-8-17(28)15-18/h5-15,23,31H,1-4H3/b24-22+. The monoisotopic (exact) mass is 460 g/mol. The van der Waals surface area contributed by atoms with E-state index in [0.717, 1.165) is 5.56 Å². The molecule has 1 aromatic heterocycles. The molecule has 2 heterocycles. The Hall–Kier alpha value is -4.00. The van der Waals surface area contributed by atoms with Crippen LogP contribution >= 0.6 is 0 Å². The summed E-state index contributed by atoms with van der Waals surface area (Å²) in [5, 5.41) is 11.5. The molecule has 0 aliphatic carbocycles. The van der Waals surface area contributed by atoms with E-state index in [2.05, 4.69) is 4.98 Å². The first-order valence-electron chi connectivity index (χ1n) is 10.8. The molecule has 7 heteroatoms. The minimum atomic E-state index is -1.05. The average Bonchev–Trinajstić information content (AvgIpc) is 3.08. The number of Topliss-reactive ketones (excluding diaryl/α,β-unsaturated/α-hetero) is 1. The van der Waals surface area contributed by atoms with Gasteiger partial charge >= 0.3 is 0 Å². The molecular formula is C27H25FN2O4. The van der Waals surface area contributed by atoms with Gasteiger partial charge in [0.15, 0.2) is 0 Å². The fraction of sp³-hybridized carbons (Fsp3) is 0.222. The molecule has 0 bridgehead atoms. The summed E-state index contributed by atoms with van der Waals surface area (Å²) in [5.74, 6) is -2.36. The topological polar surface area (TPSA) is 79.7 Å². The van der Waals surface area contributed by atoms with E-state index in [-0.39, 0.29) is 28.0 Å². The Bertz CT molecular complexity index is 1300. The van der Waals surface area contributed by atoms with E-state index in [9.17, 15) is 19.1 Å². The van der Waals surface area contributed by atoms with E-state index in [1.807, 2.05) is 26.8 Å². The van der Waals surface area contributed by atoms with E-state index >= 15 is 0 Å². The normalized spacial score (nSPS) is 17.8. The number of carbonyl (C=O) groups excluding carboxylic acids is 2. The van der Waals surface area contributed by atoms with Gasteiger partial charge in [-0.3, -0.25) is 19.5 Å². The third-order valence-corrected chi connectivity index (χ3v) is 5.82. The molecule has 1 fully saturated rings. The molecule has 174 valence electrons. The Morgan fingerprint density at radius 1 is 1.06 bits per heavy atom. The Morgan fingerprint density at radius 3 is 2.44 bits per heavy atom. The number of hydrogen-bond donors (Lipinski definition) is 1. The molecule has 1 saturated heterocycles. The maximum absolute atomic E-state index is 14.0. The summed E-state index contributed by atoms with van der Waals surface area (Å²) in [6, 6.07) is 14.8. The number of amides is 1. The highest BCUT2D eigenvalue weighted by Crippen LogP contribution is 2.43. The third-order valence-electron chi connectivity index (χ3n) is 5.82. The number of anilines is 1. The zero-order valence-electron chi connectivity index (χ0n) is 19.4. The third kappa shape index (κ3) is 4.05. The lowest BCUT2D eigenvalue weighted by atomic mass is 9.85. The predicted molar refractivity (Wildman–Crippen MR) is 127 cm³/mol. The first-order valence-corrected chi connectivity index (χ1v) is 10.8. The van der Waals surface area contributed by atoms with Crippen LogP contribution in [-0.4, -0.2) is 28.9 Å². The molecule has 1 amide bonds. The Balaban J connectivity index is 1.99. The number of nitrogens with zero attached hydrogens (tertiary/aromatic N) is 2. The van der Waals surface area contributed by atoms with Crippen LogP contribution in [0.3, 0.4) is 0 Å². The molecule has 0 radical (unpaired) electrons. The van der Waals surface area contributed by atoms with Crippen molar-refractivity contribution >= 4 is 23.1 Å². The Morgan fingerprint density at radius 2 is 1.82 bits per heavy atom. The fourth-order valence-electron chi connectivity index (χ4n) is 4.05. The molecule has 2 aromatic carbocycles. The summed E-state index contributed by atoms with van der Waals surface area (Å²) < 4.78 is 19.5. The molecule has 1 aliphatic rings. The molecule has 1 unspecified atom stereocenters. The zero-order valence-corrected chi connectivity index (χ0v) is 19.4. The van der Waals surface area contributed by atoms with Crippen molar-refractivity contribution in [2.75, 3.05) is 12.0 Å². The molecule has 34 heavy (non-hydrogen) atoms. The smallest absolute Gasteiger partial charge is 0.300 e. The van der Waals surface area contributed by atoms with Gasteiger partial charge < -0.3 is 9.84 Å². The summed E-state index contributed by atoms with van der Waals surface area (Å²) in [6.07, 6.45) is 1.53. The van der Waals surface area contributed by atoms with Crippen LogP contribution in [0.1, 0.15) is 43.6 Å². The van der Waals surface area contributed by atoms with E-state index in [4.69, 9.17) is 4.74 Å². The largest absolute Gasteiger partial charge is 0.507 e. The highest BCUT2D eigenvalue weighted by Gasteiger charge is 2.48. The van der Waals surface area contributed by atoms with Gasteiger partial charge in [0.05, 0.1) is 23.9 Å². The number of ketones is 1. The van der Waals surface area contributed by atoms with Gasteiger partial charge in [0.2, 0.25) is 0 Å². The summed E-state index contributed by atoms with van der Waals surface area (Å²) in [6.45, 7) is 6.07. The van der Waals surface area contributed by atoms with Gasteiger partial charge in [0, 0.05) is 11.9 Å². The quantitative estimate of drug-likeness (QED) is 0.331. The van der Waals surface area contributed by atoms with Crippen LogP contribution in [0.25, 0.3) is 5.76 Å². The fourth-order valence-corrected chi connectivity index (χ4v) is 4.05. The van der Waals surface area contributed by atoms with Gasteiger partial charge in [-0.2, -0.15) is 0 Å². The summed E-state index contributed by atoms with van der Waals surface area (Å²) in [5.41, 5.74) is 1.36. The molecule has 4 rings (SSSR count). The highest BCUT2D eigenvalue weighted by atomic mass is 19.1. The van der Waals surface area contributed by atoms with E-state index in [1.54, 1.807) is 30.3 Å². The zero-order chi connectivity index (χ0) is 24.6. The SMILES string of the molecule is COc1ccc(C(C)(C)C)cc1/C(O)=C1\C(=O)C(=O)N(c2cccc(F)c2)C1c1ccccn1. The first-order chi connectivity index (χ1) is 16.1. The lowest BCUT2D eigenvalue weighted by Gasteiger charge is -2.25. The number of aromatic nitrogens is 1. The van der Waals surface area contributed by atoms with Gasteiger partial charge in [0.25, 0.3) is 11.7 Å². The van der Waals surface area contributed by atoms with Crippen LogP contribution in [0.2, 0.25) is 0 Å². The van der Waals surface area contributed by atoms with Crippen LogP contribution < -0.4 is 9.64 Å². The van der Waals surface area contributed by atoms with Crippen molar-refractivity contribution < 1.29 is 23.8 Å². The van der Waals surface area contributed by atoms with E-state index in [1.165, 1.54) is 42.5 Å². The van der Waals surface area contributed by atoms with Gasteiger partial charge in [-0.25, -0.2) is 4.39 Å². The molecule has 1 atom stereocenters. The number of benzene rings is 2. The molecule has 0 spiro atoms. The van der Waals surface area contributed by atoms with Crippen molar-refractivity contribution in [2.24, 2.45) is 0 Å².